The van der Waals surface area contributed by atoms with Crippen LogP contribution >= 0.6 is 11.6 Å². The average molecular weight is 443 g/mol. The van der Waals surface area contributed by atoms with E-state index in [0.717, 1.165) is 0 Å². The minimum Gasteiger partial charge on any atom is -0.502 e. The Morgan fingerprint density at radius 1 is 1.19 bits per heavy atom. The molecule has 8 nitrogen and oxygen atoms in total. The maximum atomic E-state index is 12.5. The highest BCUT2D eigenvalue weighted by Gasteiger charge is 2.35. The Labute approximate surface area is 182 Å². The van der Waals surface area contributed by atoms with E-state index in [1.54, 1.807) is 41.0 Å². The molecule has 0 aliphatic carbocycles. The molecular weight excluding hydrogens is 424 g/mol. The minimum atomic E-state index is -1.18. The van der Waals surface area contributed by atoms with Gasteiger partial charge in [0, 0.05) is 18.5 Å². The van der Waals surface area contributed by atoms with Crippen molar-refractivity contribution in [1.82, 2.24) is 4.57 Å². The van der Waals surface area contributed by atoms with Gasteiger partial charge in [0.05, 0.1) is 36.3 Å². The maximum Gasteiger partial charge on any atom is 0.339 e. The van der Waals surface area contributed by atoms with E-state index in [0.29, 0.717) is 22.0 Å². The number of phenolic OH excluding ortho intramolecular Hbond substituents is 1. The van der Waals surface area contributed by atoms with Crippen LogP contribution in [0.4, 0.5) is 5.69 Å². The van der Waals surface area contributed by atoms with Crippen molar-refractivity contribution < 1.29 is 29.3 Å². The van der Waals surface area contributed by atoms with E-state index >= 15 is 0 Å². The lowest BCUT2D eigenvalue weighted by Gasteiger charge is -2.27. The van der Waals surface area contributed by atoms with E-state index in [4.69, 9.17) is 21.1 Å². The fourth-order valence-electron chi connectivity index (χ4n) is 3.87. The van der Waals surface area contributed by atoms with Crippen LogP contribution < -0.4 is 14.8 Å². The number of hydrogen-bond donors (Lipinski definition) is 3. The number of carbonyl (C=O) groups excluding carboxylic acids is 1. The Morgan fingerprint density at radius 3 is 2.42 bits per heavy atom. The van der Waals surface area contributed by atoms with Crippen molar-refractivity contribution in [1.29, 1.82) is 0 Å². The molecule has 0 fully saturated rings. The monoisotopic (exact) mass is 442 g/mol. The van der Waals surface area contributed by atoms with Crippen LogP contribution in [0.3, 0.4) is 0 Å². The highest BCUT2D eigenvalue weighted by molar-refractivity contribution is 6.32. The van der Waals surface area contributed by atoms with Gasteiger partial charge in [-0.05, 0) is 29.8 Å². The summed E-state index contributed by atoms with van der Waals surface area (Å²) in [6.45, 7) is 0. The zero-order chi connectivity index (χ0) is 22.3. The molecule has 160 valence electrons. The topological polar surface area (TPSA) is 110 Å². The maximum absolute atomic E-state index is 12.5. The van der Waals surface area contributed by atoms with Crippen molar-refractivity contribution in [3.8, 4) is 22.9 Å². The summed E-state index contributed by atoms with van der Waals surface area (Å²) in [7, 11) is 2.82. The van der Waals surface area contributed by atoms with E-state index in [1.807, 2.05) is 0 Å². The number of methoxy groups -OCH3 is 2. The number of fused-ring (bicyclic) bond motifs is 1. The molecule has 0 unspecified atom stereocenters. The molecule has 1 aliphatic rings. The number of ether oxygens (including phenoxy) is 2. The first kappa shape index (κ1) is 20.6. The predicted octanol–water partition coefficient (Wildman–Crippen LogP) is 4.03. The van der Waals surface area contributed by atoms with Gasteiger partial charge in [0.15, 0.2) is 11.5 Å². The number of benzene rings is 2. The first-order chi connectivity index (χ1) is 14.8. The van der Waals surface area contributed by atoms with Gasteiger partial charge in [0.2, 0.25) is 11.7 Å². The summed E-state index contributed by atoms with van der Waals surface area (Å²) in [6, 6.07) is 10.2. The van der Waals surface area contributed by atoms with Crippen molar-refractivity contribution in [2.24, 2.45) is 0 Å². The second-order valence-corrected chi connectivity index (χ2v) is 7.42. The summed E-state index contributed by atoms with van der Waals surface area (Å²) < 4.78 is 12.2. The number of para-hydroxylation sites is 1. The molecule has 2 heterocycles. The van der Waals surface area contributed by atoms with Gasteiger partial charge in [0.1, 0.15) is 5.56 Å². The van der Waals surface area contributed by atoms with Gasteiger partial charge in [-0.25, -0.2) is 4.79 Å². The molecule has 3 aromatic rings. The van der Waals surface area contributed by atoms with Gasteiger partial charge in [-0.15, -0.1) is 0 Å². The molecule has 1 amide bonds. The van der Waals surface area contributed by atoms with Crippen molar-refractivity contribution in [3.05, 3.63) is 64.4 Å². The molecule has 3 N–H and O–H groups in total. The second-order valence-electron chi connectivity index (χ2n) is 7.01. The molecule has 0 bridgehead atoms. The average Bonchev–Trinajstić information content (AvgIpc) is 3.13. The number of carboxylic acids is 1. The number of nitrogens with zero attached hydrogens (tertiary/aromatic N) is 1. The van der Waals surface area contributed by atoms with Crippen LogP contribution in [0.2, 0.25) is 5.02 Å². The number of hydrogen-bond acceptors (Lipinski definition) is 5. The summed E-state index contributed by atoms with van der Waals surface area (Å²) in [4.78, 5) is 24.4. The van der Waals surface area contributed by atoms with Gasteiger partial charge in [-0.2, -0.15) is 0 Å². The molecule has 0 radical (unpaired) electrons. The van der Waals surface area contributed by atoms with E-state index in [-0.39, 0.29) is 40.8 Å². The summed E-state index contributed by atoms with van der Waals surface area (Å²) in [5.74, 6) is -1.86. The van der Waals surface area contributed by atoms with Crippen molar-refractivity contribution >= 4 is 29.2 Å². The summed E-state index contributed by atoms with van der Waals surface area (Å²) in [6.07, 6.45) is 1.50. The zero-order valence-electron chi connectivity index (χ0n) is 16.7. The molecule has 4 rings (SSSR count). The third-order valence-corrected chi connectivity index (χ3v) is 5.59. The van der Waals surface area contributed by atoms with Gasteiger partial charge in [-0.3, -0.25) is 4.79 Å². The number of rotatable bonds is 5. The summed E-state index contributed by atoms with van der Waals surface area (Å²) >= 11 is 6.40. The van der Waals surface area contributed by atoms with Crippen LogP contribution in [0.25, 0.3) is 5.69 Å². The molecule has 9 heteroatoms. The number of aromatic nitrogens is 1. The number of carbonyl (C=O) groups is 2. The number of aromatic carboxylic acids is 1. The smallest absolute Gasteiger partial charge is 0.339 e. The number of aromatic hydroxyl groups is 1. The summed E-state index contributed by atoms with van der Waals surface area (Å²) in [5.41, 5.74) is 1.91. The van der Waals surface area contributed by atoms with Crippen LogP contribution in [0, 0.1) is 0 Å². The largest absolute Gasteiger partial charge is 0.502 e. The van der Waals surface area contributed by atoms with Crippen molar-refractivity contribution in [3.63, 3.8) is 0 Å². The Hall–Kier alpha value is -3.65. The number of amides is 1. The minimum absolute atomic E-state index is 0.0503. The first-order valence-corrected chi connectivity index (χ1v) is 9.71. The fraction of sp³-hybridized carbons (Fsp3) is 0.182. The third kappa shape index (κ3) is 3.44. The lowest BCUT2D eigenvalue weighted by Crippen LogP contribution is -2.25. The normalized spacial score (nSPS) is 15.2. The van der Waals surface area contributed by atoms with Gasteiger partial charge in [0.25, 0.3) is 0 Å². The van der Waals surface area contributed by atoms with E-state index in [2.05, 4.69) is 5.32 Å². The van der Waals surface area contributed by atoms with Crippen molar-refractivity contribution in [2.45, 2.75) is 12.3 Å². The lowest BCUT2D eigenvalue weighted by atomic mass is 9.87. The Bertz CT molecular complexity index is 1180. The number of halogens is 1. The zero-order valence-corrected chi connectivity index (χ0v) is 17.4. The Kier molecular flexibility index (Phi) is 5.24. The predicted molar refractivity (Wildman–Crippen MR) is 114 cm³/mol. The van der Waals surface area contributed by atoms with Crippen LogP contribution in [0.15, 0.2) is 42.6 Å². The number of carboxylic acid groups (broad SMARTS) is 1. The van der Waals surface area contributed by atoms with Crippen molar-refractivity contribution in [2.75, 3.05) is 19.5 Å². The van der Waals surface area contributed by atoms with Gasteiger partial charge in [-0.1, -0.05) is 23.7 Å². The SMILES string of the molecule is COc1cc([C@H]2CC(=O)Nc3c(C(=O)O)cn(-c4ccccc4Cl)c32)cc(OC)c1O. The lowest BCUT2D eigenvalue weighted by molar-refractivity contribution is -0.116. The molecule has 31 heavy (non-hydrogen) atoms. The number of phenols is 1. The molecule has 2 aromatic carbocycles. The second kappa shape index (κ2) is 7.88. The van der Waals surface area contributed by atoms with Crippen LogP contribution in [0.5, 0.6) is 17.2 Å². The van der Waals surface area contributed by atoms with E-state index in [9.17, 15) is 19.8 Å². The standard InChI is InChI=1S/C22H19ClN2O6/c1-30-16-7-11(8-17(31-2)21(16)27)12-9-18(26)24-19-13(22(28)29)10-25(20(12)19)15-6-4-3-5-14(15)23/h3-8,10,12,27H,9H2,1-2H3,(H,24,26)(H,28,29)/t12-/m1/s1. The van der Waals surface area contributed by atoms with Gasteiger partial charge < -0.3 is 29.6 Å². The van der Waals surface area contributed by atoms with Crippen LogP contribution in [-0.2, 0) is 4.79 Å². The molecule has 0 spiro atoms. The van der Waals surface area contributed by atoms with Crippen LogP contribution in [0.1, 0.15) is 34.0 Å². The number of anilines is 1. The molecule has 0 saturated carbocycles. The van der Waals surface area contributed by atoms with E-state index in [1.165, 1.54) is 20.4 Å². The molecule has 1 atom stereocenters. The molecule has 0 saturated heterocycles. The highest BCUT2D eigenvalue weighted by Crippen LogP contribution is 2.46. The van der Waals surface area contributed by atoms with Gasteiger partial charge >= 0.3 is 5.97 Å². The Balaban J connectivity index is 2.01. The fourth-order valence-corrected chi connectivity index (χ4v) is 4.09. The summed E-state index contributed by atoms with van der Waals surface area (Å²) in [5, 5.41) is 23.1. The van der Waals surface area contributed by atoms with E-state index < -0.39 is 11.9 Å². The highest BCUT2D eigenvalue weighted by atomic mass is 35.5. The Morgan fingerprint density at radius 2 is 1.84 bits per heavy atom. The molecule has 1 aliphatic heterocycles. The molecular formula is C22H19ClN2O6. The third-order valence-electron chi connectivity index (χ3n) is 5.27. The first-order valence-electron chi connectivity index (χ1n) is 9.33. The van der Waals surface area contributed by atoms with Crippen LogP contribution in [-0.4, -0.2) is 40.9 Å². The quantitative estimate of drug-likeness (QED) is 0.550. The number of nitrogens with one attached hydrogen (secondary N) is 1. The molecule has 1 aromatic heterocycles.